The molecule has 23 heavy (non-hydrogen) atoms. The number of carbonyl (C=O) groups is 1. The van der Waals surface area contributed by atoms with E-state index in [1.807, 2.05) is 24.3 Å². The van der Waals surface area contributed by atoms with E-state index in [1.165, 1.54) is 0 Å². The lowest BCUT2D eigenvalue weighted by Crippen LogP contribution is -2.40. The van der Waals surface area contributed by atoms with Gasteiger partial charge in [0.1, 0.15) is 6.54 Å². The van der Waals surface area contributed by atoms with Crippen LogP contribution in [0.4, 0.5) is 5.69 Å². The molecule has 0 spiro atoms. The van der Waals surface area contributed by atoms with E-state index in [9.17, 15) is 4.79 Å². The van der Waals surface area contributed by atoms with Gasteiger partial charge in [-0.3, -0.25) is 14.5 Å². The maximum absolute atomic E-state index is 12.0. The largest absolute Gasteiger partial charge is 0.356 e. The quantitative estimate of drug-likeness (QED) is 0.768. The second kappa shape index (κ2) is 7.44. The predicted octanol–water partition coefficient (Wildman–Crippen LogP) is 0.961. The summed E-state index contributed by atoms with van der Waals surface area (Å²) in [5.41, 5.74) is 1.86. The van der Waals surface area contributed by atoms with Crippen molar-refractivity contribution in [3.8, 4) is 0 Å². The Labute approximate surface area is 134 Å². The highest BCUT2D eigenvalue weighted by Crippen LogP contribution is 2.10. The van der Waals surface area contributed by atoms with Gasteiger partial charge in [0.05, 0.1) is 0 Å². The van der Waals surface area contributed by atoms with Crippen LogP contribution in [0.25, 0.3) is 0 Å². The number of rotatable bonds is 5. The lowest BCUT2D eigenvalue weighted by molar-refractivity contribution is -0.116. The summed E-state index contributed by atoms with van der Waals surface area (Å²) < 4.78 is 1.59. The van der Waals surface area contributed by atoms with Gasteiger partial charge in [-0.1, -0.05) is 12.1 Å². The van der Waals surface area contributed by atoms with Gasteiger partial charge >= 0.3 is 0 Å². The summed E-state index contributed by atoms with van der Waals surface area (Å²) in [6.45, 7) is 2.68. The summed E-state index contributed by atoms with van der Waals surface area (Å²) in [6.07, 6.45) is 4.49. The Morgan fingerprint density at radius 3 is 3.09 bits per heavy atom. The third kappa shape index (κ3) is 4.57. The first-order valence-corrected chi connectivity index (χ1v) is 7.68. The van der Waals surface area contributed by atoms with E-state index in [1.54, 1.807) is 23.1 Å². The van der Waals surface area contributed by atoms with E-state index in [2.05, 4.69) is 26.0 Å². The van der Waals surface area contributed by atoms with Crippen molar-refractivity contribution in [1.29, 1.82) is 0 Å². The van der Waals surface area contributed by atoms with Crippen LogP contribution in [-0.4, -0.2) is 34.7 Å². The SMILES string of the molecule is O=C(Cn1cccn1)Nc1cccc(CNC2=NCCCN2)c1. The predicted molar refractivity (Wildman–Crippen MR) is 89.1 cm³/mol. The summed E-state index contributed by atoms with van der Waals surface area (Å²) in [4.78, 5) is 16.4. The van der Waals surface area contributed by atoms with Gasteiger partial charge in [0.2, 0.25) is 5.91 Å². The molecule has 0 bridgehead atoms. The van der Waals surface area contributed by atoms with E-state index < -0.39 is 0 Å². The van der Waals surface area contributed by atoms with Gasteiger partial charge in [0.25, 0.3) is 0 Å². The smallest absolute Gasteiger partial charge is 0.246 e. The molecular formula is C16H20N6O. The molecule has 7 nitrogen and oxygen atoms in total. The highest BCUT2D eigenvalue weighted by Gasteiger charge is 2.06. The molecule has 1 aliphatic heterocycles. The topological polar surface area (TPSA) is 83.3 Å². The standard InChI is InChI=1S/C16H20N6O/c23-15(12-22-9-3-8-20-22)21-14-5-1-4-13(10-14)11-19-16-17-6-2-7-18-16/h1,3-5,8-10H,2,6-7,11-12H2,(H,21,23)(H2,17,18,19). The van der Waals surface area contributed by atoms with Gasteiger partial charge in [-0.2, -0.15) is 5.10 Å². The van der Waals surface area contributed by atoms with Gasteiger partial charge in [-0.25, -0.2) is 0 Å². The Morgan fingerprint density at radius 2 is 2.30 bits per heavy atom. The number of hydrogen-bond donors (Lipinski definition) is 3. The van der Waals surface area contributed by atoms with Crippen LogP contribution in [-0.2, 0) is 17.9 Å². The monoisotopic (exact) mass is 312 g/mol. The zero-order chi connectivity index (χ0) is 15.9. The van der Waals surface area contributed by atoms with Crippen LogP contribution in [0.3, 0.4) is 0 Å². The van der Waals surface area contributed by atoms with Crippen molar-refractivity contribution in [3.63, 3.8) is 0 Å². The summed E-state index contributed by atoms with van der Waals surface area (Å²) in [7, 11) is 0. The number of nitrogens with one attached hydrogen (secondary N) is 3. The minimum absolute atomic E-state index is 0.0999. The molecule has 3 rings (SSSR count). The van der Waals surface area contributed by atoms with Gasteiger partial charge in [0.15, 0.2) is 5.96 Å². The van der Waals surface area contributed by atoms with Crippen molar-refractivity contribution < 1.29 is 4.79 Å². The first-order valence-electron chi connectivity index (χ1n) is 7.68. The van der Waals surface area contributed by atoms with Crippen LogP contribution in [0.15, 0.2) is 47.7 Å². The lowest BCUT2D eigenvalue weighted by Gasteiger charge is -2.16. The Kier molecular flexibility index (Phi) is 4.88. The zero-order valence-electron chi connectivity index (χ0n) is 12.8. The fraction of sp³-hybridized carbons (Fsp3) is 0.312. The number of aromatic nitrogens is 2. The summed E-state index contributed by atoms with van der Waals surface area (Å²) in [6, 6.07) is 9.57. The average molecular weight is 312 g/mol. The van der Waals surface area contributed by atoms with Crippen molar-refractivity contribution >= 4 is 17.6 Å². The van der Waals surface area contributed by atoms with Crippen LogP contribution in [0.2, 0.25) is 0 Å². The van der Waals surface area contributed by atoms with E-state index in [0.717, 1.165) is 36.7 Å². The molecule has 1 aromatic carbocycles. The molecule has 1 aliphatic rings. The molecule has 0 unspecified atom stereocenters. The minimum Gasteiger partial charge on any atom is -0.356 e. The number of nitrogens with zero attached hydrogens (tertiary/aromatic N) is 3. The van der Waals surface area contributed by atoms with Gasteiger partial charge in [0, 0.05) is 37.7 Å². The van der Waals surface area contributed by atoms with Crippen LogP contribution < -0.4 is 16.0 Å². The number of amides is 1. The molecule has 0 atom stereocenters. The first-order chi connectivity index (χ1) is 11.3. The molecule has 3 N–H and O–H groups in total. The van der Waals surface area contributed by atoms with Crippen molar-refractivity contribution in [1.82, 2.24) is 20.4 Å². The second-order valence-corrected chi connectivity index (χ2v) is 5.32. The van der Waals surface area contributed by atoms with Gasteiger partial charge < -0.3 is 16.0 Å². The summed E-state index contributed by atoms with van der Waals surface area (Å²) in [5, 5.41) is 13.4. The molecule has 2 heterocycles. The molecular weight excluding hydrogens is 292 g/mol. The van der Waals surface area contributed by atoms with E-state index in [-0.39, 0.29) is 12.5 Å². The minimum atomic E-state index is -0.0999. The Bertz CT molecular complexity index is 680. The summed E-state index contributed by atoms with van der Waals surface area (Å²) in [5.74, 6) is 0.738. The number of guanidine groups is 1. The highest BCUT2D eigenvalue weighted by atomic mass is 16.2. The third-order valence-electron chi connectivity index (χ3n) is 3.43. The normalized spacial score (nSPS) is 13.8. The second-order valence-electron chi connectivity index (χ2n) is 5.32. The molecule has 0 aliphatic carbocycles. The number of benzene rings is 1. The van der Waals surface area contributed by atoms with Gasteiger partial charge in [-0.15, -0.1) is 0 Å². The van der Waals surface area contributed by atoms with Crippen molar-refractivity contribution in [3.05, 3.63) is 48.3 Å². The maximum Gasteiger partial charge on any atom is 0.246 e. The highest BCUT2D eigenvalue weighted by molar-refractivity contribution is 5.90. The van der Waals surface area contributed by atoms with E-state index in [0.29, 0.717) is 6.54 Å². The van der Waals surface area contributed by atoms with E-state index >= 15 is 0 Å². The molecule has 2 aromatic rings. The third-order valence-corrected chi connectivity index (χ3v) is 3.43. The van der Waals surface area contributed by atoms with Crippen LogP contribution in [0.5, 0.6) is 0 Å². The number of hydrogen-bond acceptors (Lipinski definition) is 5. The zero-order valence-corrected chi connectivity index (χ0v) is 12.8. The lowest BCUT2D eigenvalue weighted by atomic mass is 10.2. The molecule has 0 fully saturated rings. The number of aliphatic imine (C=N–C) groups is 1. The fourth-order valence-corrected chi connectivity index (χ4v) is 2.34. The van der Waals surface area contributed by atoms with Crippen molar-refractivity contribution in [2.24, 2.45) is 4.99 Å². The van der Waals surface area contributed by atoms with Crippen molar-refractivity contribution in [2.75, 3.05) is 18.4 Å². The molecule has 1 aromatic heterocycles. The molecule has 0 saturated carbocycles. The molecule has 0 saturated heterocycles. The summed E-state index contributed by atoms with van der Waals surface area (Å²) >= 11 is 0. The average Bonchev–Trinajstić information content (AvgIpc) is 3.07. The Hall–Kier alpha value is -2.83. The molecule has 1 amide bonds. The Balaban J connectivity index is 1.54. The van der Waals surface area contributed by atoms with Crippen LogP contribution in [0, 0.1) is 0 Å². The maximum atomic E-state index is 12.0. The first kappa shape index (κ1) is 15.1. The van der Waals surface area contributed by atoms with Crippen LogP contribution >= 0.6 is 0 Å². The van der Waals surface area contributed by atoms with Crippen molar-refractivity contribution in [2.45, 2.75) is 19.5 Å². The Morgan fingerprint density at radius 1 is 1.35 bits per heavy atom. The number of carbonyl (C=O) groups excluding carboxylic acids is 1. The van der Waals surface area contributed by atoms with Crippen LogP contribution in [0.1, 0.15) is 12.0 Å². The fourth-order valence-electron chi connectivity index (χ4n) is 2.34. The van der Waals surface area contributed by atoms with Gasteiger partial charge in [-0.05, 0) is 30.2 Å². The molecule has 0 radical (unpaired) electrons. The molecule has 7 heteroatoms. The molecule has 120 valence electrons. The van der Waals surface area contributed by atoms with E-state index in [4.69, 9.17) is 0 Å². The number of anilines is 1.